The molecular weight excluding hydrogens is 421 g/mol. The van der Waals surface area contributed by atoms with Crippen LogP contribution in [0, 0.1) is 13.8 Å². The number of hydrogen-bond acceptors (Lipinski definition) is 4. The Bertz CT molecular complexity index is 1020. The molecule has 28 heavy (non-hydrogen) atoms. The molecule has 1 aliphatic rings. The second kappa shape index (κ2) is 8.05. The van der Waals surface area contributed by atoms with Crippen molar-refractivity contribution in [3.63, 3.8) is 0 Å². The number of aromatic nitrogens is 2. The molecule has 1 fully saturated rings. The fourth-order valence-electron chi connectivity index (χ4n) is 3.53. The summed E-state index contributed by atoms with van der Waals surface area (Å²) in [6.45, 7) is 4.23. The Balaban J connectivity index is 1.72. The lowest BCUT2D eigenvalue weighted by molar-refractivity contribution is -0.129. The van der Waals surface area contributed by atoms with Crippen molar-refractivity contribution in [2.75, 3.05) is 18.6 Å². The number of rotatable bonds is 5. The van der Waals surface area contributed by atoms with Crippen molar-refractivity contribution in [1.29, 1.82) is 0 Å². The first kappa shape index (κ1) is 21.1. The molecule has 0 radical (unpaired) electrons. The van der Waals surface area contributed by atoms with Gasteiger partial charge in [-0.15, -0.1) is 0 Å². The Labute approximate surface area is 175 Å². The molecule has 1 aliphatic heterocycles. The summed E-state index contributed by atoms with van der Waals surface area (Å²) < 4.78 is 25.4. The Morgan fingerprint density at radius 1 is 1.29 bits per heavy atom. The number of carbonyl (C=O) groups excluding carboxylic acids is 1. The maximum absolute atomic E-state index is 12.6. The summed E-state index contributed by atoms with van der Waals surface area (Å²) in [5, 5.41) is 5.44. The molecule has 152 valence electrons. The number of nitrogens with zero attached hydrogens (tertiary/aromatic N) is 3. The molecule has 1 saturated heterocycles. The number of benzene rings is 1. The molecule has 1 aromatic carbocycles. The predicted molar refractivity (Wildman–Crippen MR) is 111 cm³/mol. The maximum atomic E-state index is 12.6. The van der Waals surface area contributed by atoms with Gasteiger partial charge in [0, 0.05) is 24.8 Å². The van der Waals surface area contributed by atoms with Crippen LogP contribution in [0.5, 0.6) is 0 Å². The maximum Gasteiger partial charge on any atom is 0.227 e. The number of likely N-dealkylation sites (N-methyl/N-ethyl adjacent to an activating group) is 1. The van der Waals surface area contributed by atoms with E-state index in [0.717, 1.165) is 22.5 Å². The zero-order chi connectivity index (χ0) is 20.6. The van der Waals surface area contributed by atoms with Crippen LogP contribution in [0.2, 0.25) is 10.0 Å². The van der Waals surface area contributed by atoms with Crippen LogP contribution in [0.3, 0.4) is 0 Å². The SMILES string of the molecule is Cc1nn(C2CCS(=O)(=O)C2)c(C)c1CN(C)C(=O)Cc1ccc(Cl)c(Cl)c1. The summed E-state index contributed by atoms with van der Waals surface area (Å²) in [4.78, 5) is 14.3. The lowest BCUT2D eigenvalue weighted by Gasteiger charge is -2.18. The van der Waals surface area contributed by atoms with Gasteiger partial charge in [0.2, 0.25) is 5.91 Å². The third-order valence-corrected chi connectivity index (χ3v) is 7.68. The van der Waals surface area contributed by atoms with Crippen molar-refractivity contribution in [3.8, 4) is 0 Å². The van der Waals surface area contributed by atoms with Crippen LogP contribution < -0.4 is 0 Å². The standard InChI is InChI=1S/C19H23Cl2N3O3S/c1-12-16(13(2)24(22-12)15-6-7-28(26,27)11-15)10-23(3)19(25)9-14-4-5-17(20)18(21)8-14/h4-5,8,15H,6-7,9-11H2,1-3H3. The molecule has 1 amide bonds. The second-order valence-corrected chi connectivity index (χ2v) is 10.4. The van der Waals surface area contributed by atoms with Crippen molar-refractivity contribution < 1.29 is 13.2 Å². The van der Waals surface area contributed by atoms with Crippen molar-refractivity contribution in [1.82, 2.24) is 14.7 Å². The summed E-state index contributed by atoms with van der Waals surface area (Å²) in [5.74, 6) is 0.279. The van der Waals surface area contributed by atoms with Crippen LogP contribution in [0.1, 0.15) is 35.0 Å². The normalized spacial score (nSPS) is 18.4. The highest BCUT2D eigenvalue weighted by molar-refractivity contribution is 7.91. The molecule has 0 bridgehead atoms. The molecule has 1 atom stereocenters. The van der Waals surface area contributed by atoms with Gasteiger partial charge < -0.3 is 4.90 Å². The monoisotopic (exact) mass is 443 g/mol. The zero-order valence-electron chi connectivity index (χ0n) is 16.1. The molecule has 0 saturated carbocycles. The Hall–Kier alpha value is -1.57. The molecular formula is C19H23Cl2N3O3S. The fraction of sp³-hybridized carbons (Fsp3) is 0.474. The minimum absolute atomic E-state index is 0.0478. The van der Waals surface area contributed by atoms with E-state index in [1.54, 1.807) is 30.1 Å². The molecule has 2 heterocycles. The van der Waals surface area contributed by atoms with Gasteiger partial charge in [-0.25, -0.2) is 8.42 Å². The average molecular weight is 444 g/mol. The van der Waals surface area contributed by atoms with Crippen molar-refractivity contribution in [2.45, 2.75) is 39.3 Å². The van der Waals surface area contributed by atoms with Crippen molar-refractivity contribution >= 4 is 38.9 Å². The highest BCUT2D eigenvalue weighted by Crippen LogP contribution is 2.27. The Morgan fingerprint density at radius 3 is 2.61 bits per heavy atom. The van der Waals surface area contributed by atoms with Gasteiger partial charge in [0.25, 0.3) is 0 Å². The van der Waals surface area contributed by atoms with Gasteiger partial charge in [0.05, 0.1) is 39.7 Å². The fourth-order valence-corrected chi connectivity index (χ4v) is 5.55. The van der Waals surface area contributed by atoms with E-state index in [4.69, 9.17) is 23.2 Å². The number of amides is 1. The van der Waals surface area contributed by atoms with Crippen LogP contribution in [-0.2, 0) is 27.6 Å². The summed E-state index contributed by atoms with van der Waals surface area (Å²) in [6, 6.07) is 5.04. The summed E-state index contributed by atoms with van der Waals surface area (Å²) in [7, 11) is -1.24. The van der Waals surface area contributed by atoms with Crippen LogP contribution in [0.15, 0.2) is 18.2 Å². The van der Waals surface area contributed by atoms with Gasteiger partial charge in [-0.05, 0) is 38.0 Å². The largest absolute Gasteiger partial charge is 0.341 e. The van der Waals surface area contributed by atoms with Crippen LogP contribution >= 0.6 is 23.2 Å². The summed E-state index contributed by atoms with van der Waals surface area (Å²) >= 11 is 11.9. The molecule has 0 N–H and O–H groups in total. The van der Waals surface area contributed by atoms with E-state index >= 15 is 0 Å². The van der Waals surface area contributed by atoms with E-state index < -0.39 is 9.84 Å². The van der Waals surface area contributed by atoms with E-state index in [-0.39, 0.29) is 29.9 Å². The third-order valence-electron chi connectivity index (χ3n) is 5.19. The smallest absolute Gasteiger partial charge is 0.227 e. The first-order valence-electron chi connectivity index (χ1n) is 9.00. The van der Waals surface area contributed by atoms with E-state index in [0.29, 0.717) is 23.0 Å². The highest BCUT2D eigenvalue weighted by atomic mass is 35.5. The van der Waals surface area contributed by atoms with Gasteiger partial charge in [-0.3, -0.25) is 9.48 Å². The Morgan fingerprint density at radius 2 is 2.00 bits per heavy atom. The lowest BCUT2D eigenvalue weighted by atomic mass is 10.1. The number of sulfone groups is 1. The van der Waals surface area contributed by atoms with Crippen molar-refractivity contribution in [3.05, 3.63) is 50.8 Å². The van der Waals surface area contributed by atoms with Gasteiger partial charge in [-0.1, -0.05) is 29.3 Å². The molecule has 3 rings (SSSR count). The third kappa shape index (κ3) is 4.53. The predicted octanol–water partition coefficient (Wildman–Crippen LogP) is 3.37. The number of carbonyl (C=O) groups is 1. The summed E-state index contributed by atoms with van der Waals surface area (Å²) in [5.41, 5.74) is 3.48. The first-order valence-corrected chi connectivity index (χ1v) is 11.6. The van der Waals surface area contributed by atoms with E-state index in [9.17, 15) is 13.2 Å². The zero-order valence-corrected chi connectivity index (χ0v) is 18.4. The molecule has 9 heteroatoms. The highest BCUT2D eigenvalue weighted by Gasteiger charge is 2.31. The van der Waals surface area contributed by atoms with E-state index in [2.05, 4.69) is 5.10 Å². The topological polar surface area (TPSA) is 72.3 Å². The number of hydrogen-bond donors (Lipinski definition) is 0. The second-order valence-electron chi connectivity index (χ2n) is 7.33. The molecule has 1 aromatic heterocycles. The molecule has 0 aliphatic carbocycles. The van der Waals surface area contributed by atoms with Gasteiger partial charge in [0.1, 0.15) is 0 Å². The number of halogens is 2. The van der Waals surface area contributed by atoms with Crippen LogP contribution in [0.4, 0.5) is 0 Å². The van der Waals surface area contributed by atoms with Gasteiger partial charge in [0.15, 0.2) is 9.84 Å². The minimum atomic E-state index is -2.99. The lowest BCUT2D eigenvalue weighted by Crippen LogP contribution is -2.28. The molecule has 6 nitrogen and oxygen atoms in total. The quantitative estimate of drug-likeness (QED) is 0.709. The van der Waals surface area contributed by atoms with Crippen molar-refractivity contribution in [2.24, 2.45) is 0 Å². The molecule has 2 aromatic rings. The van der Waals surface area contributed by atoms with Crippen LogP contribution in [0.25, 0.3) is 0 Å². The van der Waals surface area contributed by atoms with E-state index in [1.165, 1.54) is 0 Å². The molecule has 1 unspecified atom stereocenters. The number of aryl methyl sites for hydroxylation is 1. The average Bonchev–Trinajstić information content (AvgIpc) is 3.11. The van der Waals surface area contributed by atoms with Crippen LogP contribution in [-0.4, -0.2) is 47.6 Å². The van der Waals surface area contributed by atoms with Gasteiger partial charge in [-0.2, -0.15) is 5.10 Å². The van der Waals surface area contributed by atoms with E-state index in [1.807, 2.05) is 18.5 Å². The van der Waals surface area contributed by atoms with Gasteiger partial charge >= 0.3 is 0 Å². The summed E-state index contributed by atoms with van der Waals surface area (Å²) in [6.07, 6.45) is 0.802. The minimum Gasteiger partial charge on any atom is -0.341 e. The Kier molecular flexibility index (Phi) is 6.08. The molecule has 0 spiro atoms. The first-order chi connectivity index (χ1) is 13.1.